The first kappa shape index (κ1) is 11.0. The molecule has 0 bridgehead atoms. The molecule has 0 fully saturated rings. The Morgan fingerprint density at radius 1 is 1.54 bits per heavy atom. The Labute approximate surface area is 87.9 Å². The summed E-state index contributed by atoms with van der Waals surface area (Å²) < 4.78 is 0.114. The normalized spacial score (nSPS) is 12.1. The van der Waals surface area contributed by atoms with Crippen molar-refractivity contribution in [3.05, 3.63) is 15.6 Å². The molecule has 0 unspecified atom stereocenters. The number of hydrogen-bond donors (Lipinski definition) is 1. The molecule has 0 aliphatic heterocycles. The molecule has 1 heterocycles. The summed E-state index contributed by atoms with van der Waals surface area (Å²) in [6.07, 6.45) is 2.11. The second kappa shape index (κ2) is 3.98. The van der Waals surface area contributed by atoms with Gasteiger partial charge >= 0.3 is 0 Å². The lowest BCUT2D eigenvalue weighted by molar-refractivity contribution is 0.771. The van der Waals surface area contributed by atoms with Gasteiger partial charge in [-0.25, -0.2) is 4.98 Å². The van der Waals surface area contributed by atoms with Gasteiger partial charge in [0.1, 0.15) is 5.01 Å². The highest BCUT2D eigenvalue weighted by atomic mass is 32.2. The van der Waals surface area contributed by atoms with Crippen LogP contribution in [0.5, 0.6) is 0 Å². The maximum absolute atomic E-state index is 5.61. The molecule has 74 valence electrons. The van der Waals surface area contributed by atoms with Crippen molar-refractivity contribution in [3.8, 4) is 0 Å². The number of aromatic nitrogens is 1. The number of nitrogens with two attached hydrogens (primary N) is 1. The van der Waals surface area contributed by atoms with Crippen LogP contribution in [0.3, 0.4) is 0 Å². The molecule has 1 aromatic rings. The summed E-state index contributed by atoms with van der Waals surface area (Å²) >= 11 is 3.55. The van der Waals surface area contributed by atoms with Crippen LogP contribution in [0.15, 0.2) is 0 Å². The number of thioether (sulfide) groups is 1. The zero-order valence-electron chi connectivity index (χ0n) is 8.55. The summed E-state index contributed by atoms with van der Waals surface area (Å²) in [6.45, 7) is 7.01. The van der Waals surface area contributed by atoms with E-state index in [1.165, 1.54) is 9.88 Å². The van der Waals surface area contributed by atoms with Gasteiger partial charge in [0.2, 0.25) is 0 Å². The molecule has 1 rings (SSSR count). The van der Waals surface area contributed by atoms with Gasteiger partial charge in [0, 0.05) is 11.4 Å². The molecule has 0 saturated carbocycles. The Morgan fingerprint density at radius 3 is 2.54 bits per heavy atom. The van der Waals surface area contributed by atoms with E-state index in [4.69, 9.17) is 5.73 Å². The van der Waals surface area contributed by atoms with Crippen molar-refractivity contribution in [3.63, 3.8) is 0 Å². The largest absolute Gasteiger partial charge is 0.326 e. The predicted molar refractivity (Wildman–Crippen MR) is 61.3 cm³/mol. The van der Waals surface area contributed by atoms with Gasteiger partial charge in [-0.1, -0.05) is 0 Å². The first-order valence-electron chi connectivity index (χ1n) is 4.23. The highest BCUT2D eigenvalue weighted by molar-refractivity contribution is 7.99. The van der Waals surface area contributed by atoms with E-state index in [1.807, 2.05) is 18.7 Å². The van der Waals surface area contributed by atoms with Crippen LogP contribution in [0.25, 0.3) is 0 Å². The second-order valence-electron chi connectivity index (χ2n) is 3.45. The molecule has 0 saturated heterocycles. The monoisotopic (exact) mass is 216 g/mol. The Morgan fingerprint density at radius 2 is 2.15 bits per heavy atom. The molecule has 1 aromatic heterocycles. The third-order valence-electron chi connectivity index (χ3n) is 2.10. The third-order valence-corrected chi connectivity index (χ3v) is 4.95. The predicted octanol–water partition coefficient (Wildman–Crippen LogP) is 2.51. The number of nitrogens with zero attached hydrogens (tertiary/aromatic N) is 1. The van der Waals surface area contributed by atoms with Gasteiger partial charge in [0.05, 0.1) is 10.4 Å². The average Bonchev–Trinajstić information content (AvgIpc) is 2.47. The van der Waals surface area contributed by atoms with Gasteiger partial charge in [-0.05, 0) is 27.0 Å². The third kappa shape index (κ3) is 2.24. The molecule has 2 nitrogen and oxygen atoms in total. The van der Waals surface area contributed by atoms with Crippen LogP contribution >= 0.6 is 23.1 Å². The van der Waals surface area contributed by atoms with Gasteiger partial charge in [0.25, 0.3) is 0 Å². The number of hydrogen-bond acceptors (Lipinski definition) is 4. The summed E-state index contributed by atoms with van der Waals surface area (Å²) in [5.41, 5.74) is 6.70. The van der Waals surface area contributed by atoms with Crippen LogP contribution in [-0.4, -0.2) is 11.2 Å². The first-order valence-corrected chi connectivity index (χ1v) is 6.27. The van der Waals surface area contributed by atoms with Crippen molar-refractivity contribution in [2.75, 3.05) is 6.26 Å². The molecule has 0 amide bonds. The standard InChI is InChI=1S/C9H16N2S2/c1-6-7(5-10)13-8(11-6)9(2,3)12-4/h5,10H2,1-4H3. The van der Waals surface area contributed by atoms with Crippen LogP contribution in [0.4, 0.5) is 0 Å². The van der Waals surface area contributed by atoms with Crippen molar-refractivity contribution < 1.29 is 0 Å². The zero-order valence-corrected chi connectivity index (χ0v) is 10.2. The van der Waals surface area contributed by atoms with Crippen LogP contribution in [0.2, 0.25) is 0 Å². The Hall–Kier alpha value is -0.0600. The average molecular weight is 216 g/mol. The van der Waals surface area contributed by atoms with E-state index in [1.54, 1.807) is 11.3 Å². The lowest BCUT2D eigenvalue weighted by Gasteiger charge is -2.18. The van der Waals surface area contributed by atoms with Gasteiger partial charge in [0.15, 0.2) is 0 Å². The van der Waals surface area contributed by atoms with Crippen LogP contribution in [0.1, 0.15) is 29.4 Å². The fourth-order valence-electron chi connectivity index (χ4n) is 0.962. The lowest BCUT2D eigenvalue weighted by atomic mass is 10.2. The van der Waals surface area contributed by atoms with Crippen LogP contribution in [0, 0.1) is 6.92 Å². The highest BCUT2D eigenvalue weighted by Gasteiger charge is 2.23. The molecule has 4 heteroatoms. The molecular formula is C9H16N2S2. The molecule has 0 aliphatic carbocycles. The molecule has 0 radical (unpaired) electrons. The Kier molecular flexibility index (Phi) is 3.38. The van der Waals surface area contributed by atoms with E-state index in [2.05, 4.69) is 25.1 Å². The number of thiazole rings is 1. The maximum atomic E-state index is 5.61. The highest BCUT2D eigenvalue weighted by Crippen LogP contribution is 2.36. The van der Waals surface area contributed by atoms with E-state index in [-0.39, 0.29) is 4.75 Å². The molecular weight excluding hydrogens is 200 g/mol. The summed E-state index contributed by atoms with van der Waals surface area (Å²) in [7, 11) is 0. The minimum atomic E-state index is 0.114. The molecule has 2 N–H and O–H groups in total. The van der Waals surface area contributed by atoms with Gasteiger partial charge < -0.3 is 5.73 Å². The van der Waals surface area contributed by atoms with Gasteiger partial charge in [-0.15, -0.1) is 11.3 Å². The maximum Gasteiger partial charge on any atom is 0.109 e. The minimum absolute atomic E-state index is 0.114. The van der Waals surface area contributed by atoms with Gasteiger partial charge in [-0.2, -0.15) is 11.8 Å². The Balaban J connectivity index is 3.03. The fourth-order valence-corrected chi connectivity index (χ4v) is 2.50. The summed E-state index contributed by atoms with van der Waals surface area (Å²) in [4.78, 5) is 5.75. The lowest BCUT2D eigenvalue weighted by Crippen LogP contribution is -2.10. The van der Waals surface area contributed by atoms with Crippen molar-refractivity contribution in [1.82, 2.24) is 4.98 Å². The van der Waals surface area contributed by atoms with Crippen molar-refractivity contribution in [2.45, 2.75) is 32.1 Å². The van der Waals surface area contributed by atoms with Gasteiger partial charge in [-0.3, -0.25) is 0 Å². The minimum Gasteiger partial charge on any atom is -0.326 e. The zero-order chi connectivity index (χ0) is 10.1. The summed E-state index contributed by atoms with van der Waals surface area (Å²) in [5.74, 6) is 0. The fraction of sp³-hybridized carbons (Fsp3) is 0.667. The van der Waals surface area contributed by atoms with E-state index < -0.39 is 0 Å². The smallest absolute Gasteiger partial charge is 0.109 e. The van der Waals surface area contributed by atoms with E-state index in [9.17, 15) is 0 Å². The molecule has 13 heavy (non-hydrogen) atoms. The van der Waals surface area contributed by atoms with Crippen molar-refractivity contribution in [1.29, 1.82) is 0 Å². The van der Waals surface area contributed by atoms with Crippen molar-refractivity contribution in [2.24, 2.45) is 5.73 Å². The molecule has 0 aliphatic rings. The van der Waals surface area contributed by atoms with Crippen molar-refractivity contribution >= 4 is 23.1 Å². The van der Waals surface area contributed by atoms with E-state index in [0.29, 0.717) is 6.54 Å². The second-order valence-corrected chi connectivity index (χ2v) is 5.96. The van der Waals surface area contributed by atoms with E-state index >= 15 is 0 Å². The van der Waals surface area contributed by atoms with Crippen LogP contribution in [-0.2, 0) is 11.3 Å². The Bertz CT molecular complexity index is 292. The molecule has 0 aromatic carbocycles. The van der Waals surface area contributed by atoms with Crippen LogP contribution < -0.4 is 5.73 Å². The molecule has 0 atom stereocenters. The number of rotatable bonds is 3. The quantitative estimate of drug-likeness (QED) is 0.844. The summed E-state index contributed by atoms with van der Waals surface area (Å²) in [5, 5.41) is 1.18. The SMILES string of the molecule is CSC(C)(C)c1nc(C)c(CN)s1. The topological polar surface area (TPSA) is 38.9 Å². The van der Waals surface area contributed by atoms with E-state index in [0.717, 1.165) is 5.69 Å². The first-order chi connectivity index (χ1) is 6.01. The molecule has 0 spiro atoms. The number of aryl methyl sites for hydroxylation is 1. The summed E-state index contributed by atoms with van der Waals surface area (Å²) in [6, 6.07) is 0.